The molecule has 0 bridgehead atoms. The third-order valence-electron chi connectivity index (χ3n) is 8.21. The lowest BCUT2D eigenvalue weighted by Crippen LogP contribution is -2.52. The second-order valence-corrected chi connectivity index (χ2v) is 8.59. The van der Waals surface area contributed by atoms with Gasteiger partial charge in [0.2, 0.25) is 0 Å². The highest BCUT2D eigenvalue weighted by atomic mass is 16.1. The van der Waals surface area contributed by atoms with Crippen LogP contribution in [0.1, 0.15) is 71.1 Å². The zero-order valence-electron chi connectivity index (χ0n) is 14.7. The monoisotopic (exact) mass is 328 g/mol. The van der Waals surface area contributed by atoms with Crippen LogP contribution in [-0.2, 0) is 14.4 Å². The number of aldehydes is 1. The Kier molecular flexibility index (Phi) is 3.81. The van der Waals surface area contributed by atoms with Crippen LogP contribution in [0.25, 0.3) is 0 Å². The molecule has 0 aromatic rings. The van der Waals surface area contributed by atoms with Crippen molar-refractivity contribution in [3.63, 3.8) is 0 Å². The van der Waals surface area contributed by atoms with Crippen molar-refractivity contribution < 1.29 is 14.4 Å². The Hall–Kier alpha value is -1.25. The normalized spacial score (nSPS) is 44.4. The zero-order valence-corrected chi connectivity index (χ0v) is 14.7. The number of hydrogen-bond donors (Lipinski definition) is 0. The molecule has 3 nitrogen and oxygen atoms in total. The van der Waals surface area contributed by atoms with E-state index in [-0.39, 0.29) is 16.6 Å². The van der Waals surface area contributed by atoms with Gasteiger partial charge in [0.25, 0.3) is 0 Å². The lowest BCUT2D eigenvalue weighted by molar-refractivity contribution is -0.136. The average molecular weight is 328 g/mol. The lowest BCUT2D eigenvalue weighted by Gasteiger charge is -2.58. The van der Waals surface area contributed by atoms with Crippen molar-refractivity contribution in [3.05, 3.63) is 11.6 Å². The van der Waals surface area contributed by atoms with Gasteiger partial charge in [-0.1, -0.05) is 12.5 Å². The summed E-state index contributed by atoms with van der Waals surface area (Å²) in [5.74, 6) is 2.30. The number of Topliss-reactive ketones (excluding diaryl/α,β-unsaturated/α-hetero) is 1. The minimum absolute atomic E-state index is 0.0742. The highest BCUT2D eigenvalue weighted by Crippen LogP contribution is 2.66. The number of allylic oxidation sites excluding steroid dienone is 1. The summed E-state index contributed by atoms with van der Waals surface area (Å²) in [4.78, 5) is 36.1. The quantitative estimate of drug-likeness (QED) is 0.735. The lowest BCUT2D eigenvalue weighted by atomic mass is 9.46. The van der Waals surface area contributed by atoms with E-state index < -0.39 is 0 Å². The van der Waals surface area contributed by atoms with E-state index in [1.807, 2.05) is 6.08 Å². The van der Waals surface area contributed by atoms with Crippen LogP contribution in [0.15, 0.2) is 11.6 Å². The predicted molar refractivity (Wildman–Crippen MR) is 91.3 cm³/mol. The van der Waals surface area contributed by atoms with Crippen LogP contribution in [0.2, 0.25) is 0 Å². The molecule has 0 saturated heterocycles. The van der Waals surface area contributed by atoms with Gasteiger partial charge in [0.15, 0.2) is 5.78 Å². The third kappa shape index (κ3) is 1.99. The molecule has 5 atom stereocenters. The van der Waals surface area contributed by atoms with Crippen LogP contribution in [0.4, 0.5) is 0 Å². The molecule has 4 rings (SSSR count). The van der Waals surface area contributed by atoms with Crippen LogP contribution < -0.4 is 0 Å². The zero-order chi connectivity index (χ0) is 16.9. The van der Waals surface area contributed by atoms with Crippen LogP contribution in [-0.4, -0.2) is 17.9 Å². The SMILES string of the molecule is CC[C@]12CC[C@H]3[C@@H](CCC4=CC(=O)CC[C@@]43CC=O)[C@@H]1CCC2=O. The Morgan fingerprint density at radius 3 is 2.58 bits per heavy atom. The molecule has 3 heteroatoms. The first kappa shape index (κ1) is 16.2. The molecule has 0 aliphatic heterocycles. The molecule has 4 aliphatic carbocycles. The van der Waals surface area contributed by atoms with Gasteiger partial charge >= 0.3 is 0 Å². The van der Waals surface area contributed by atoms with Crippen LogP contribution in [0.5, 0.6) is 0 Å². The summed E-state index contributed by atoms with van der Waals surface area (Å²) in [7, 11) is 0. The van der Waals surface area contributed by atoms with Crippen molar-refractivity contribution in [2.45, 2.75) is 71.1 Å². The van der Waals surface area contributed by atoms with Gasteiger partial charge < -0.3 is 4.79 Å². The van der Waals surface area contributed by atoms with Crippen molar-refractivity contribution in [2.75, 3.05) is 0 Å². The summed E-state index contributed by atoms with van der Waals surface area (Å²) in [6, 6.07) is 0. The number of hydrogen-bond acceptors (Lipinski definition) is 3. The summed E-state index contributed by atoms with van der Waals surface area (Å²) >= 11 is 0. The summed E-state index contributed by atoms with van der Waals surface area (Å²) in [5, 5.41) is 0. The van der Waals surface area contributed by atoms with E-state index in [0.717, 1.165) is 57.7 Å². The minimum atomic E-state index is -0.0793. The molecule has 24 heavy (non-hydrogen) atoms. The number of carbonyl (C=O) groups excluding carboxylic acids is 3. The van der Waals surface area contributed by atoms with Gasteiger partial charge in [0.1, 0.15) is 12.1 Å². The largest absolute Gasteiger partial charge is 0.303 e. The maximum atomic E-state index is 12.7. The molecule has 0 N–H and O–H groups in total. The highest BCUT2D eigenvalue weighted by Gasteiger charge is 2.60. The number of ketones is 2. The van der Waals surface area contributed by atoms with Gasteiger partial charge in [0.05, 0.1) is 0 Å². The van der Waals surface area contributed by atoms with E-state index in [2.05, 4.69) is 6.92 Å². The van der Waals surface area contributed by atoms with E-state index in [9.17, 15) is 14.4 Å². The second kappa shape index (κ2) is 5.64. The van der Waals surface area contributed by atoms with Gasteiger partial charge in [-0.2, -0.15) is 0 Å². The highest BCUT2D eigenvalue weighted by molar-refractivity contribution is 5.92. The number of rotatable bonds is 3. The van der Waals surface area contributed by atoms with Crippen LogP contribution in [0, 0.1) is 28.6 Å². The molecule has 0 aromatic carbocycles. The molecule has 130 valence electrons. The van der Waals surface area contributed by atoms with Gasteiger partial charge in [-0.05, 0) is 68.8 Å². The van der Waals surface area contributed by atoms with E-state index in [1.165, 1.54) is 5.57 Å². The Bertz CT molecular complexity index is 619. The number of carbonyl (C=O) groups is 3. The van der Waals surface area contributed by atoms with Gasteiger partial charge in [-0.15, -0.1) is 0 Å². The van der Waals surface area contributed by atoms with E-state index >= 15 is 0 Å². The van der Waals surface area contributed by atoms with E-state index in [4.69, 9.17) is 0 Å². The fourth-order valence-corrected chi connectivity index (χ4v) is 7.12. The van der Waals surface area contributed by atoms with E-state index in [0.29, 0.717) is 36.4 Å². The van der Waals surface area contributed by atoms with Gasteiger partial charge in [0, 0.05) is 30.1 Å². The maximum Gasteiger partial charge on any atom is 0.155 e. The van der Waals surface area contributed by atoms with Crippen LogP contribution >= 0.6 is 0 Å². The molecule has 0 spiro atoms. The van der Waals surface area contributed by atoms with Crippen LogP contribution in [0.3, 0.4) is 0 Å². The Labute approximate surface area is 144 Å². The smallest absolute Gasteiger partial charge is 0.155 e. The Balaban J connectivity index is 1.74. The fraction of sp³-hybridized carbons (Fsp3) is 0.762. The third-order valence-corrected chi connectivity index (χ3v) is 8.21. The molecular formula is C21H28O3. The first-order valence-electron chi connectivity index (χ1n) is 9.78. The average Bonchev–Trinajstić information content (AvgIpc) is 2.93. The number of fused-ring (bicyclic) bond motifs is 5. The molecule has 4 aliphatic rings. The van der Waals surface area contributed by atoms with Crippen molar-refractivity contribution >= 4 is 17.9 Å². The molecule has 0 amide bonds. The molecule has 0 radical (unpaired) electrons. The van der Waals surface area contributed by atoms with E-state index in [1.54, 1.807) is 0 Å². The summed E-state index contributed by atoms with van der Waals surface area (Å²) in [5.41, 5.74) is 1.10. The summed E-state index contributed by atoms with van der Waals surface area (Å²) in [6.45, 7) is 2.19. The van der Waals surface area contributed by atoms with Crippen molar-refractivity contribution in [1.82, 2.24) is 0 Å². The molecular weight excluding hydrogens is 300 g/mol. The molecule has 0 heterocycles. The maximum absolute atomic E-state index is 12.7. The van der Waals surface area contributed by atoms with Gasteiger partial charge in [-0.25, -0.2) is 0 Å². The molecule has 0 unspecified atom stereocenters. The standard InChI is InChI=1S/C21H28O3/c1-2-20-10-8-18-16(17(20)5-6-19(20)24)4-3-14-13-15(23)7-9-21(14,18)11-12-22/h12-13,16-18H,2-11H2,1H3/t16-,17-,18-,20-,21+/m0/s1. The molecule has 3 fully saturated rings. The molecule has 3 saturated carbocycles. The minimum Gasteiger partial charge on any atom is -0.303 e. The Morgan fingerprint density at radius 2 is 1.83 bits per heavy atom. The van der Waals surface area contributed by atoms with Gasteiger partial charge in [-0.3, -0.25) is 9.59 Å². The second-order valence-electron chi connectivity index (χ2n) is 8.59. The predicted octanol–water partition coefficient (Wildman–Crippen LogP) is 4.05. The Morgan fingerprint density at radius 1 is 1.04 bits per heavy atom. The topological polar surface area (TPSA) is 51.2 Å². The summed E-state index contributed by atoms with van der Waals surface area (Å²) < 4.78 is 0. The summed E-state index contributed by atoms with van der Waals surface area (Å²) in [6.07, 6.45) is 11.8. The van der Waals surface area contributed by atoms with Crippen molar-refractivity contribution in [3.8, 4) is 0 Å². The van der Waals surface area contributed by atoms with Crippen molar-refractivity contribution in [1.29, 1.82) is 0 Å². The fourth-order valence-electron chi connectivity index (χ4n) is 7.12. The first-order valence-corrected chi connectivity index (χ1v) is 9.78. The first-order chi connectivity index (χ1) is 11.6. The van der Waals surface area contributed by atoms with Crippen molar-refractivity contribution in [2.24, 2.45) is 28.6 Å². The molecule has 0 aromatic heterocycles.